The maximum absolute atomic E-state index is 3.47. The van der Waals surface area contributed by atoms with Crippen molar-refractivity contribution < 1.29 is 0 Å². The summed E-state index contributed by atoms with van der Waals surface area (Å²) in [6, 6.07) is 7.08. The molecule has 1 unspecified atom stereocenters. The van der Waals surface area contributed by atoms with Crippen LogP contribution in [0.15, 0.2) is 18.2 Å². The zero-order chi connectivity index (χ0) is 9.26. The van der Waals surface area contributed by atoms with Crippen LogP contribution in [0.2, 0.25) is 0 Å². The Morgan fingerprint density at radius 1 is 1.46 bits per heavy atom. The van der Waals surface area contributed by atoms with Gasteiger partial charge in [0.1, 0.15) is 0 Å². The largest absolute Gasteiger partial charge is 0.383 e. The molecule has 0 bridgehead atoms. The third-order valence-corrected chi connectivity index (χ3v) is 2.76. The van der Waals surface area contributed by atoms with E-state index in [1.54, 1.807) is 0 Å². The average Bonchev–Trinajstić information content (AvgIpc) is 2.18. The van der Waals surface area contributed by atoms with E-state index in [1.807, 2.05) is 7.05 Å². The number of anilines is 1. The Morgan fingerprint density at radius 3 is 3.08 bits per heavy atom. The summed E-state index contributed by atoms with van der Waals surface area (Å²) in [4.78, 5) is 0. The second kappa shape index (κ2) is 3.38. The SMILES string of the molecule is CNC1CNc2c(C)cccc2C1. The van der Waals surface area contributed by atoms with Crippen LogP contribution >= 0.6 is 0 Å². The maximum Gasteiger partial charge on any atom is 0.0403 e. The highest BCUT2D eigenvalue weighted by atomic mass is 15.0. The van der Waals surface area contributed by atoms with Crippen molar-refractivity contribution in [3.05, 3.63) is 29.3 Å². The summed E-state index contributed by atoms with van der Waals surface area (Å²) in [5, 5.41) is 6.77. The molecule has 0 saturated heterocycles. The highest BCUT2D eigenvalue weighted by Crippen LogP contribution is 2.24. The molecule has 0 radical (unpaired) electrons. The number of aryl methyl sites for hydroxylation is 1. The predicted octanol–water partition coefficient (Wildman–Crippen LogP) is 1.55. The fourth-order valence-corrected chi connectivity index (χ4v) is 1.92. The molecule has 1 heterocycles. The van der Waals surface area contributed by atoms with Crippen LogP contribution in [0, 0.1) is 6.92 Å². The molecule has 13 heavy (non-hydrogen) atoms. The summed E-state index contributed by atoms with van der Waals surface area (Å²) in [7, 11) is 2.02. The van der Waals surface area contributed by atoms with Gasteiger partial charge in [-0.2, -0.15) is 0 Å². The molecule has 1 aromatic carbocycles. The van der Waals surface area contributed by atoms with Crippen LogP contribution in [0.4, 0.5) is 5.69 Å². The Morgan fingerprint density at radius 2 is 2.31 bits per heavy atom. The normalized spacial score (nSPS) is 20.6. The first-order valence-electron chi connectivity index (χ1n) is 4.81. The third kappa shape index (κ3) is 1.54. The number of para-hydroxylation sites is 1. The summed E-state index contributed by atoms with van der Waals surface area (Å²) < 4.78 is 0. The van der Waals surface area contributed by atoms with Crippen molar-refractivity contribution in [1.29, 1.82) is 0 Å². The Hall–Kier alpha value is -1.02. The van der Waals surface area contributed by atoms with Gasteiger partial charge in [0.05, 0.1) is 0 Å². The molecule has 2 nitrogen and oxygen atoms in total. The third-order valence-electron chi connectivity index (χ3n) is 2.76. The number of hydrogen-bond acceptors (Lipinski definition) is 2. The number of hydrogen-bond donors (Lipinski definition) is 2. The molecule has 0 fully saturated rings. The maximum atomic E-state index is 3.47. The predicted molar refractivity (Wildman–Crippen MR) is 56.2 cm³/mol. The first-order chi connectivity index (χ1) is 6.31. The number of nitrogens with one attached hydrogen (secondary N) is 2. The Balaban J connectivity index is 2.31. The van der Waals surface area contributed by atoms with Crippen molar-refractivity contribution in [3.63, 3.8) is 0 Å². The first-order valence-corrected chi connectivity index (χ1v) is 4.81. The van der Waals surface area contributed by atoms with Gasteiger partial charge in [-0.15, -0.1) is 0 Å². The zero-order valence-electron chi connectivity index (χ0n) is 8.22. The summed E-state index contributed by atoms with van der Waals surface area (Å²) in [5.41, 5.74) is 4.13. The molecular weight excluding hydrogens is 160 g/mol. The van der Waals surface area contributed by atoms with Crippen molar-refractivity contribution in [1.82, 2.24) is 5.32 Å². The Kier molecular flexibility index (Phi) is 2.23. The molecule has 2 rings (SSSR count). The average molecular weight is 176 g/mol. The van der Waals surface area contributed by atoms with E-state index in [-0.39, 0.29) is 0 Å². The summed E-state index contributed by atoms with van der Waals surface area (Å²) >= 11 is 0. The molecule has 1 aliphatic rings. The van der Waals surface area contributed by atoms with E-state index in [4.69, 9.17) is 0 Å². The van der Waals surface area contributed by atoms with Gasteiger partial charge in [-0.25, -0.2) is 0 Å². The molecule has 0 aliphatic carbocycles. The molecule has 1 aliphatic heterocycles. The van der Waals surface area contributed by atoms with Crippen LogP contribution in [-0.4, -0.2) is 19.6 Å². The van der Waals surface area contributed by atoms with E-state index in [0.717, 1.165) is 13.0 Å². The summed E-state index contributed by atoms with van der Waals surface area (Å²) in [6.45, 7) is 3.19. The second-order valence-corrected chi connectivity index (χ2v) is 3.68. The lowest BCUT2D eigenvalue weighted by Gasteiger charge is -2.27. The minimum atomic E-state index is 0.578. The van der Waals surface area contributed by atoms with Crippen LogP contribution < -0.4 is 10.6 Å². The molecule has 70 valence electrons. The van der Waals surface area contributed by atoms with Gasteiger partial charge in [-0.05, 0) is 31.5 Å². The summed E-state index contributed by atoms with van der Waals surface area (Å²) in [6.07, 6.45) is 1.14. The van der Waals surface area contributed by atoms with Gasteiger partial charge in [0.2, 0.25) is 0 Å². The van der Waals surface area contributed by atoms with Crippen molar-refractivity contribution in [2.75, 3.05) is 18.9 Å². The van der Waals surface area contributed by atoms with Gasteiger partial charge in [-0.1, -0.05) is 18.2 Å². The molecule has 0 spiro atoms. The number of likely N-dealkylation sites (N-methyl/N-ethyl adjacent to an activating group) is 1. The van der Waals surface area contributed by atoms with Gasteiger partial charge in [0.15, 0.2) is 0 Å². The van der Waals surface area contributed by atoms with Crippen molar-refractivity contribution in [2.45, 2.75) is 19.4 Å². The molecule has 1 aromatic rings. The van der Waals surface area contributed by atoms with Gasteiger partial charge in [0, 0.05) is 18.3 Å². The molecule has 1 atom stereocenters. The van der Waals surface area contributed by atoms with E-state index >= 15 is 0 Å². The monoisotopic (exact) mass is 176 g/mol. The van der Waals surface area contributed by atoms with Gasteiger partial charge >= 0.3 is 0 Å². The lowest BCUT2D eigenvalue weighted by molar-refractivity contribution is 0.570. The number of rotatable bonds is 1. The van der Waals surface area contributed by atoms with Gasteiger partial charge < -0.3 is 10.6 Å². The molecular formula is C11H16N2. The van der Waals surface area contributed by atoms with Crippen molar-refractivity contribution >= 4 is 5.69 Å². The van der Waals surface area contributed by atoms with E-state index in [1.165, 1.54) is 16.8 Å². The first kappa shape index (κ1) is 8.57. The number of benzene rings is 1. The van der Waals surface area contributed by atoms with E-state index in [9.17, 15) is 0 Å². The quantitative estimate of drug-likeness (QED) is 0.678. The highest BCUT2D eigenvalue weighted by Gasteiger charge is 2.16. The zero-order valence-corrected chi connectivity index (χ0v) is 8.22. The molecule has 0 saturated carbocycles. The molecule has 2 heteroatoms. The van der Waals surface area contributed by atoms with Crippen LogP contribution in [-0.2, 0) is 6.42 Å². The standard InChI is InChI=1S/C11H16N2/c1-8-4-3-5-9-6-10(12-2)7-13-11(8)9/h3-5,10,12-13H,6-7H2,1-2H3. The topological polar surface area (TPSA) is 24.1 Å². The Labute approximate surface area is 79.4 Å². The molecule has 2 N–H and O–H groups in total. The lowest BCUT2D eigenvalue weighted by atomic mass is 9.97. The van der Waals surface area contributed by atoms with Gasteiger partial charge in [0.25, 0.3) is 0 Å². The van der Waals surface area contributed by atoms with E-state index in [0.29, 0.717) is 6.04 Å². The highest BCUT2D eigenvalue weighted by molar-refractivity contribution is 5.59. The van der Waals surface area contributed by atoms with Gasteiger partial charge in [-0.3, -0.25) is 0 Å². The molecule has 0 amide bonds. The lowest BCUT2D eigenvalue weighted by Crippen LogP contribution is -2.38. The van der Waals surface area contributed by atoms with Crippen molar-refractivity contribution in [2.24, 2.45) is 0 Å². The number of fused-ring (bicyclic) bond motifs is 1. The Bertz CT molecular complexity index is 307. The van der Waals surface area contributed by atoms with Crippen molar-refractivity contribution in [3.8, 4) is 0 Å². The minimum absolute atomic E-state index is 0.578. The van der Waals surface area contributed by atoms with Crippen LogP contribution in [0.25, 0.3) is 0 Å². The fourth-order valence-electron chi connectivity index (χ4n) is 1.92. The minimum Gasteiger partial charge on any atom is -0.383 e. The smallest absolute Gasteiger partial charge is 0.0403 e. The molecule has 0 aromatic heterocycles. The fraction of sp³-hybridized carbons (Fsp3) is 0.455. The van der Waals surface area contributed by atoms with E-state index in [2.05, 4.69) is 35.8 Å². The van der Waals surface area contributed by atoms with Crippen LogP contribution in [0.3, 0.4) is 0 Å². The summed E-state index contributed by atoms with van der Waals surface area (Å²) in [5.74, 6) is 0. The van der Waals surface area contributed by atoms with Crippen LogP contribution in [0.1, 0.15) is 11.1 Å². The second-order valence-electron chi connectivity index (χ2n) is 3.68. The van der Waals surface area contributed by atoms with E-state index < -0.39 is 0 Å². The van der Waals surface area contributed by atoms with Crippen LogP contribution in [0.5, 0.6) is 0 Å².